The first-order chi connectivity index (χ1) is 26.2. The normalized spacial score (nSPS) is 15.6. The second-order valence-electron chi connectivity index (χ2n) is 13.6. The maximum absolute atomic E-state index is 6.54. The van der Waals surface area contributed by atoms with E-state index in [1.54, 1.807) is 0 Å². The largest absolute Gasteiger partial charge is 0.456 e. The Morgan fingerprint density at radius 1 is 0.434 bits per heavy atom. The van der Waals surface area contributed by atoms with Crippen LogP contribution in [0.25, 0.3) is 77.3 Å². The van der Waals surface area contributed by atoms with Crippen molar-refractivity contribution in [1.29, 1.82) is 0 Å². The summed E-state index contributed by atoms with van der Waals surface area (Å²) in [5, 5.41) is 6.87. The molecule has 0 bridgehead atoms. The SMILES string of the molecule is C=C1/C=C\C=C/C/C(c2ccccc2-c2cccc3c2oc2ccccc23)=c2/ccccc2=C1c1ccc(-c2ccc3oc4ccccc4c3c2)cc1. The number of para-hydroxylation sites is 3. The number of fused-ring (bicyclic) bond motifs is 7. The molecular formula is C51H34O2. The number of furan rings is 2. The molecular weight excluding hydrogens is 645 g/mol. The molecule has 0 radical (unpaired) electrons. The summed E-state index contributed by atoms with van der Waals surface area (Å²) in [6.07, 6.45) is 9.37. The highest BCUT2D eigenvalue weighted by atomic mass is 16.3. The maximum Gasteiger partial charge on any atom is 0.143 e. The topological polar surface area (TPSA) is 26.3 Å². The summed E-state index contributed by atoms with van der Waals surface area (Å²) in [5.41, 5.74) is 13.8. The van der Waals surface area contributed by atoms with Crippen LogP contribution < -0.4 is 10.4 Å². The molecule has 9 aromatic rings. The van der Waals surface area contributed by atoms with Gasteiger partial charge in [-0.1, -0.05) is 164 Å². The van der Waals surface area contributed by atoms with Crippen molar-refractivity contribution in [3.8, 4) is 22.3 Å². The maximum atomic E-state index is 6.54. The Kier molecular flexibility index (Phi) is 7.40. The third-order valence-corrected chi connectivity index (χ3v) is 10.5. The fourth-order valence-corrected chi connectivity index (χ4v) is 8.04. The summed E-state index contributed by atoms with van der Waals surface area (Å²) in [4.78, 5) is 0. The van der Waals surface area contributed by atoms with E-state index in [1.807, 2.05) is 24.3 Å². The average molecular weight is 679 g/mol. The minimum Gasteiger partial charge on any atom is -0.456 e. The molecule has 53 heavy (non-hydrogen) atoms. The summed E-state index contributed by atoms with van der Waals surface area (Å²) in [6, 6.07) is 55.9. The summed E-state index contributed by atoms with van der Waals surface area (Å²) in [6.45, 7) is 4.61. The Labute approximate surface area is 307 Å². The van der Waals surface area contributed by atoms with E-state index in [1.165, 1.54) is 16.4 Å². The van der Waals surface area contributed by atoms with Gasteiger partial charge in [0.15, 0.2) is 0 Å². The second kappa shape index (κ2) is 12.7. The highest BCUT2D eigenvalue weighted by Crippen LogP contribution is 2.39. The Morgan fingerprint density at radius 3 is 1.87 bits per heavy atom. The van der Waals surface area contributed by atoms with Gasteiger partial charge in [-0.25, -0.2) is 0 Å². The summed E-state index contributed by atoms with van der Waals surface area (Å²) >= 11 is 0. The van der Waals surface area contributed by atoms with E-state index in [9.17, 15) is 0 Å². The molecule has 0 fully saturated rings. The molecule has 1 aliphatic carbocycles. The molecule has 0 saturated heterocycles. The van der Waals surface area contributed by atoms with Crippen molar-refractivity contribution in [2.24, 2.45) is 0 Å². The zero-order valence-corrected chi connectivity index (χ0v) is 29.1. The van der Waals surface area contributed by atoms with Gasteiger partial charge in [-0.2, -0.15) is 0 Å². The Bertz CT molecular complexity index is 3090. The van der Waals surface area contributed by atoms with Gasteiger partial charge in [0.25, 0.3) is 0 Å². The first-order valence-corrected chi connectivity index (χ1v) is 18.1. The van der Waals surface area contributed by atoms with Crippen LogP contribution in [0.2, 0.25) is 0 Å². The van der Waals surface area contributed by atoms with Crippen LogP contribution in [0.4, 0.5) is 0 Å². The predicted molar refractivity (Wildman–Crippen MR) is 221 cm³/mol. The third-order valence-electron chi connectivity index (χ3n) is 10.5. The van der Waals surface area contributed by atoms with Gasteiger partial charge in [-0.15, -0.1) is 0 Å². The molecule has 2 heterocycles. The van der Waals surface area contributed by atoms with Gasteiger partial charge in [0.05, 0.1) is 0 Å². The second-order valence-corrected chi connectivity index (χ2v) is 13.6. The molecule has 10 rings (SSSR count). The lowest BCUT2D eigenvalue weighted by atomic mass is 9.88. The lowest BCUT2D eigenvalue weighted by molar-refractivity contribution is 0.669. The van der Waals surface area contributed by atoms with Crippen molar-refractivity contribution in [1.82, 2.24) is 0 Å². The quantitative estimate of drug-likeness (QED) is 0.185. The number of allylic oxidation sites excluding steroid dienone is 5. The third kappa shape index (κ3) is 5.27. The standard InChI is InChI=1S/C51H34O2/c1-33-14-3-2-4-15-37(38-16-5-6-18-40(38)44-22-13-23-45-41-19-9-12-25-48(41)53-51(44)45)39-17-7-8-21-43(39)50(33)35-28-26-34(27-29-35)36-30-31-49-46(32-36)42-20-10-11-24-47(42)52-49/h2-14,16-32H,1,15H2/b4-2-,14-3-,39-37+,50-43?. The smallest absolute Gasteiger partial charge is 0.143 e. The van der Waals surface area contributed by atoms with E-state index in [0.717, 1.165) is 94.5 Å². The van der Waals surface area contributed by atoms with Crippen molar-refractivity contribution >= 4 is 55.0 Å². The van der Waals surface area contributed by atoms with Gasteiger partial charge < -0.3 is 8.83 Å². The summed E-state index contributed by atoms with van der Waals surface area (Å²) < 4.78 is 12.6. The van der Waals surface area contributed by atoms with Gasteiger partial charge >= 0.3 is 0 Å². The van der Waals surface area contributed by atoms with Crippen molar-refractivity contribution in [2.45, 2.75) is 6.42 Å². The van der Waals surface area contributed by atoms with Crippen LogP contribution in [0.15, 0.2) is 203 Å². The molecule has 0 aliphatic heterocycles. The van der Waals surface area contributed by atoms with Crippen LogP contribution in [-0.2, 0) is 0 Å². The minimum absolute atomic E-state index is 0.762. The highest BCUT2D eigenvalue weighted by Gasteiger charge is 2.18. The molecule has 2 heteroatoms. The number of hydrogen-bond donors (Lipinski definition) is 0. The molecule has 0 saturated carbocycles. The minimum atomic E-state index is 0.762. The first-order valence-electron chi connectivity index (χ1n) is 18.1. The van der Waals surface area contributed by atoms with E-state index in [2.05, 4.69) is 164 Å². The highest BCUT2D eigenvalue weighted by molar-refractivity contribution is 6.10. The zero-order valence-electron chi connectivity index (χ0n) is 29.1. The molecule has 7 aromatic carbocycles. The molecule has 0 N–H and O–H groups in total. The lowest BCUT2D eigenvalue weighted by Gasteiger charge is -2.16. The van der Waals surface area contributed by atoms with E-state index >= 15 is 0 Å². The van der Waals surface area contributed by atoms with Gasteiger partial charge in [0.1, 0.15) is 22.3 Å². The van der Waals surface area contributed by atoms with Crippen LogP contribution in [0.3, 0.4) is 0 Å². The van der Waals surface area contributed by atoms with E-state index in [4.69, 9.17) is 8.83 Å². The summed E-state index contributed by atoms with van der Waals surface area (Å²) in [5.74, 6) is 0. The van der Waals surface area contributed by atoms with Crippen LogP contribution in [0, 0.1) is 0 Å². The number of benzene rings is 7. The van der Waals surface area contributed by atoms with Crippen molar-refractivity contribution < 1.29 is 8.83 Å². The van der Waals surface area contributed by atoms with Crippen LogP contribution in [0.1, 0.15) is 17.5 Å². The van der Waals surface area contributed by atoms with Crippen molar-refractivity contribution in [3.05, 3.63) is 216 Å². The Morgan fingerprint density at radius 2 is 1.04 bits per heavy atom. The van der Waals surface area contributed by atoms with E-state index < -0.39 is 0 Å². The molecule has 2 nitrogen and oxygen atoms in total. The molecule has 0 unspecified atom stereocenters. The van der Waals surface area contributed by atoms with Gasteiger partial charge in [-0.05, 0) is 85.7 Å². The van der Waals surface area contributed by atoms with Crippen LogP contribution >= 0.6 is 0 Å². The number of rotatable bonds is 4. The molecule has 1 aliphatic rings. The average Bonchev–Trinajstić information content (AvgIpc) is 3.78. The van der Waals surface area contributed by atoms with Gasteiger partial charge in [0.2, 0.25) is 0 Å². The van der Waals surface area contributed by atoms with Crippen LogP contribution in [-0.4, -0.2) is 0 Å². The number of hydrogen-bond acceptors (Lipinski definition) is 2. The Balaban J connectivity index is 1.17. The lowest BCUT2D eigenvalue weighted by Crippen LogP contribution is -2.30. The molecule has 0 spiro atoms. The fraction of sp³-hybridized carbons (Fsp3) is 0.0196. The molecule has 250 valence electrons. The zero-order chi connectivity index (χ0) is 35.3. The summed E-state index contributed by atoms with van der Waals surface area (Å²) in [7, 11) is 0. The monoisotopic (exact) mass is 678 g/mol. The molecule has 2 aromatic heterocycles. The fourth-order valence-electron chi connectivity index (χ4n) is 8.04. The first kappa shape index (κ1) is 30.9. The van der Waals surface area contributed by atoms with Crippen LogP contribution in [0.5, 0.6) is 0 Å². The predicted octanol–water partition coefficient (Wildman–Crippen LogP) is 12.3. The molecule has 0 amide bonds. The van der Waals surface area contributed by atoms with Crippen molar-refractivity contribution in [2.75, 3.05) is 0 Å². The van der Waals surface area contributed by atoms with Gasteiger partial charge in [-0.3, -0.25) is 0 Å². The van der Waals surface area contributed by atoms with E-state index in [0.29, 0.717) is 0 Å². The van der Waals surface area contributed by atoms with Crippen molar-refractivity contribution in [3.63, 3.8) is 0 Å². The van der Waals surface area contributed by atoms with Gasteiger partial charge in [0, 0.05) is 27.1 Å². The Hall–Kier alpha value is -6.90. The molecule has 0 atom stereocenters. The van der Waals surface area contributed by atoms with E-state index in [-0.39, 0.29) is 0 Å².